The summed E-state index contributed by atoms with van der Waals surface area (Å²) in [6, 6.07) is 9.03. The first-order valence-corrected chi connectivity index (χ1v) is 13.1. The van der Waals surface area contributed by atoms with Gasteiger partial charge in [-0.2, -0.15) is 18.3 Å². The first-order chi connectivity index (χ1) is 18.3. The number of hydrogen-bond donors (Lipinski definition) is 1. The number of fused-ring (bicyclic) bond motifs is 1. The predicted octanol–water partition coefficient (Wildman–Crippen LogP) is 4.81. The van der Waals surface area contributed by atoms with Gasteiger partial charge in [-0.05, 0) is 62.1 Å². The molecule has 11 heteroatoms. The predicted molar refractivity (Wildman–Crippen MR) is 137 cm³/mol. The molecule has 0 saturated carbocycles. The van der Waals surface area contributed by atoms with Crippen LogP contribution in [-0.4, -0.2) is 72.0 Å². The third-order valence-electron chi connectivity index (χ3n) is 7.05. The summed E-state index contributed by atoms with van der Waals surface area (Å²) in [6.45, 7) is 4.81. The Labute approximate surface area is 220 Å². The largest absolute Gasteiger partial charge is 0.468 e. The number of hydrogen-bond acceptors (Lipinski definition) is 7. The van der Waals surface area contributed by atoms with Gasteiger partial charge in [0.15, 0.2) is 18.7 Å². The van der Waals surface area contributed by atoms with E-state index >= 15 is 0 Å². The fourth-order valence-electron chi connectivity index (χ4n) is 5.34. The highest BCUT2D eigenvalue weighted by Crippen LogP contribution is 2.33. The molecule has 38 heavy (non-hydrogen) atoms. The second kappa shape index (κ2) is 11.6. The Hall–Kier alpha value is -2.73. The molecule has 2 aliphatic heterocycles. The molecule has 0 bridgehead atoms. The van der Waals surface area contributed by atoms with E-state index in [0.29, 0.717) is 38.5 Å². The zero-order valence-corrected chi connectivity index (χ0v) is 21.8. The molecule has 4 heterocycles. The van der Waals surface area contributed by atoms with E-state index in [1.165, 1.54) is 0 Å². The van der Waals surface area contributed by atoms with Crippen LogP contribution in [0, 0.1) is 6.92 Å². The van der Waals surface area contributed by atoms with Crippen molar-refractivity contribution in [2.24, 2.45) is 0 Å². The molecule has 5 rings (SSSR count). The summed E-state index contributed by atoms with van der Waals surface area (Å²) in [5, 5.41) is 8.78. The van der Waals surface area contributed by atoms with E-state index < -0.39 is 18.6 Å². The van der Waals surface area contributed by atoms with Crippen LogP contribution >= 0.6 is 0 Å². The quantitative estimate of drug-likeness (QED) is 0.417. The van der Waals surface area contributed by atoms with Gasteiger partial charge >= 0.3 is 6.18 Å². The molecule has 8 nitrogen and oxygen atoms in total. The van der Waals surface area contributed by atoms with E-state index in [9.17, 15) is 13.2 Å². The second-order valence-corrected chi connectivity index (χ2v) is 10.00. The zero-order chi connectivity index (χ0) is 26.7. The van der Waals surface area contributed by atoms with Gasteiger partial charge in [0.1, 0.15) is 5.75 Å². The number of rotatable bonds is 8. The smallest absolute Gasteiger partial charge is 0.390 e. The number of aromatic nitrogens is 3. The first-order valence-electron chi connectivity index (χ1n) is 13.1. The zero-order valence-electron chi connectivity index (χ0n) is 21.8. The van der Waals surface area contributed by atoms with Crippen LogP contribution in [0.25, 0.3) is 22.3 Å². The Morgan fingerprint density at radius 3 is 2.71 bits per heavy atom. The van der Waals surface area contributed by atoms with Crippen molar-refractivity contribution in [2.45, 2.75) is 57.6 Å². The van der Waals surface area contributed by atoms with Crippen LogP contribution in [0.1, 0.15) is 43.2 Å². The van der Waals surface area contributed by atoms with E-state index in [1.54, 1.807) is 7.11 Å². The molecule has 2 unspecified atom stereocenters. The van der Waals surface area contributed by atoms with E-state index in [2.05, 4.69) is 10.2 Å². The lowest BCUT2D eigenvalue weighted by Gasteiger charge is -2.34. The number of ether oxygens (including phenoxy) is 3. The van der Waals surface area contributed by atoms with Crippen molar-refractivity contribution in [2.75, 3.05) is 40.1 Å². The highest BCUT2D eigenvalue weighted by atomic mass is 19.4. The molecule has 206 valence electrons. The van der Waals surface area contributed by atoms with Crippen molar-refractivity contribution in [1.82, 2.24) is 25.0 Å². The number of pyridine rings is 1. The van der Waals surface area contributed by atoms with E-state index in [-0.39, 0.29) is 13.0 Å². The molecule has 0 radical (unpaired) electrons. The Bertz CT molecular complexity index is 1230. The summed E-state index contributed by atoms with van der Waals surface area (Å²) in [7, 11) is 1.57. The Balaban J connectivity index is 1.51. The van der Waals surface area contributed by atoms with Crippen molar-refractivity contribution in [3.63, 3.8) is 0 Å². The molecule has 2 saturated heterocycles. The van der Waals surface area contributed by atoms with Crippen LogP contribution in [0.3, 0.4) is 0 Å². The van der Waals surface area contributed by atoms with E-state index in [0.717, 1.165) is 52.8 Å². The summed E-state index contributed by atoms with van der Waals surface area (Å²) in [5.41, 5.74) is 4.25. The lowest BCUT2D eigenvalue weighted by atomic mass is 10.0. The van der Waals surface area contributed by atoms with Gasteiger partial charge in [0.25, 0.3) is 0 Å². The van der Waals surface area contributed by atoms with Gasteiger partial charge < -0.3 is 19.5 Å². The minimum absolute atomic E-state index is 0.160. The van der Waals surface area contributed by atoms with Crippen LogP contribution in [-0.2, 0) is 16.0 Å². The minimum Gasteiger partial charge on any atom is -0.468 e. The molecule has 1 aromatic carbocycles. The lowest BCUT2D eigenvalue weighted by molar-refractivity contribution is -0.142. The van der Waals surface area contributed by atoms with Gasteiger partial charge in [0.2, 0.25) is 0 Å². The van der Waals surface area contributed by atoms with E-state index in [4.69, 9.17) is 24.3 Å². The molecule has 2 aliphatic rings. The maximum absolute atomic E-state index is 13.1. The van der Waals surface area contributed by atoms with Crippen LogP contribution in [0.5, 0.6) is 5.75 Å². The van der Waals surface area contributed by atoms with Crippen molar-refractivity contribution in [3.8, 4) is 17.0 Å². The summed E-state index contributed by atoms with van der Waals surface area (Å²) in [4.78, 5) is 7.11. The maximum Gasteiger partial charge on any atom is 0.390 e. The molecule has 2 fully saturated rings. The SMILES string of the molecule is COCOc1ccc(-c2cc(CN3CCNC(CC(F)(F)F)C3)c3c(C)nn(C4CCCCO4)c3n2)cc1. The third kappa shape index (κ3) is 6.28. The summed E-state index contributed by atoms with van der Waals surface area (Å²) in [5.74, 6) is 0.685. The molecular formula is C27H34F3N5O3. The lowest BCUT2D eigenvalue weighted by Crippen LogP contribution is -2.51. The van der Waals surface area contributed by atoms with Gasteiger partial charge in [0.05, 0.1) is 17.8 Å². The standard InChI is InChI=1S/C27H34F3N5O3/c1-18-25-20(15-34-11-10-31-21(16-34)14-27(28,29)30)13-23(19-6-8-22(9-7-19)38-17-36-2)32-26(25)35(33-18)24-5-3-4-12-37-24/h6-9,13,21,24,31H,3-5,10-12,14-17H2,1-2H3. The number of nitrogens with one attached hydrogen (secondary N) is 1. The summed E-state index contributed by atoms with van der Waals surface area (Å²) in [6.07, 6.45) is -2.28. The molecule has 1 N–H and O–H groups in total. The minimum atomic E-state index is -4.20. The second-order valence-electron chi connectivity index (χ2n) is 10.00. The normalized spacial score (nSPS) is 21.2. The summed E-state index contributed by atoms with van der Waals surface area (Å²) < 4.78 is 57.6. The summed E-state index contributed by atoms with van der Waals surface area (Å²) >= 11 is 0. The highest BCUT2D eigenvalue weighted by Gasteiger charge is 2.34. The number of aryl methyl sites for hydroxylation is 1. The van der Waals surface area contributed by atoms with E-state index in [1.807, 2.05) is 41.9 Å². The number of halogens is 3. The van der Waals surface area contributed by atoms with Gasteiger partial charge in [-0.1, -0.05) is 0 Å². The molecule has 0 aliphatic carbocycles. The number of benzene rings is 1. The first kappa shape index (κ1) is 26.9. The highest BCUT2D eigenvalue weighted by molar-refractivity contribution is 5.85. The Morgan fingerprint density at radius 1 is 1.18 bits per heavy atom. The number of nitrogens with zero attached hydrogens (tertiary/aromatic N) is 4. The van der Waals surface area contributed by atoms with Crippen LogP contribution in [0.4, 0.5) is 13.2 Å². The fraction of sp³-hybridized carbons (Fsp3) is 0.556. The molecule has 2 atom stereocenters. The number of alkyl halides is 3. The van der Waals surface area contributed by atoms with Gasteiger partial charge in [-0.25, -0.2) is 9.67 Å². The molecule has 3 aromatic rings. The van der Waals surface area contributed by atoms with Crippen molar-refractivity contribution < 1.29 is 27.4 Å². The number of piperazine rings is 1. The van der Waals surface area contributed by atoms with Crippen LogP contribution < -0.4 is 10.1 Å². The molecular weight excluding hydrogens is 499 g/mol. The topological polar surface area (TPSA) is 73.7 Å². The van der Waals surface area contributed by atoms with Gasteiger partial charge in [-0.3, -0.25) is 4.90 Å². The van der Waals surface area contributed by atoms with Crippen LogP contribution in [0.15, 0.2) is 30.3 Å². The third-order valence-corrected chi connectivity index (χ3v) is 7.05. The van der Waals surface area contributed by atoms with Gasteiger partial charge in [0, 0.05) is 56.9 Å². The molecule has 0 amide bonds. The fourth-order valence-corrected chi connectivity index (χ4v) is 5.34. The van der Waals surface area contributed by atoms with Gasteiger partial charge in [-0.15, -0.1) is 0 Å². The number of methoxy groups -OCH3 is 1. The maximum atomic E-state index is 13.1. The van der Waals surface area contributed by atoms with Crippen molar-refractivity contribution in [3.05, 3.63) is 41.6 Å². The van der Waals surface area contributed by atoms with Crippen molar-refractivity contribution >= 4 is 11.0 Å². The Morgan fingerprint density at radius 2 is 2.00 bits per heavy atom. The monoisotopic (exact) mass is 533 g/mol. The average molecular weight is 534 g/mol. The Kier molecular flexibility index (Phi) is 8.18. The van der Waals surface area contributed by atoms with Crippen LogP contribution in [0.2, 0.25) is 0 Å². The van der Waals surface area contributed by atoms with Crippen molar-refractivity contribution in [1.29, 1.82) is 0 Å². The molecule has 2 aromatic heterocycles. The average Bonchev–Trinajstić information content (AvgIpc) is 3.24. The molecule has 0 spiro atoms.